The van der Waals surface area contributed by atoms with Gasteiger partial charge < -0.3 is 9.88 Å². The maximum absolute atomic E-state index is 12.5. The molecule has 0 radical (unpaired) electrons. The van der Waals surface area contributed by atoms with Crippen molar-refractivity contribution in [1.82, 2.24) is 9.97 Å². The van der Waals surface area contributed by atoms with Crippen molar-refractivity contribution in [2.75, 3.05) is 18.0 Å². The van der Waals surface area contributed by atoms with E-state index in [1.165, 1.54) is 18.4 Å². The summed E-state index contributed by atoms with van der Waals surface area (Å²) in [6.07, 6.45) is 2.44. The van der Waals surface area contributed by atoms with Crippen LogP contribution in [0.5, 0.6) is 0 Å². The molecular formula is C19H19N3O. The molecule has 1 aromatic heterocycles. The van der Waals surface area contributed by atoms with Gasteiger partial charge in [0, 0.05) is 24.3 Å². The average molecular weight is 305 g/mol. The lowest BCUT2D eigenvalue weighted by Crippen LogP contribution is -2.18. The van der Waals surface area contributed by atoms with Gasteiger partial charge in [0.15, 0.2) is 0 Å². The molecule has 3 aromatic rings. The molecule has 0 bridgehead atoms. The van der Waals surface area contributed by atoms with Crippen molar-refractivity contribution in [2.24, 2.45) is 0 Å². The largest absolute Gasteiger partial charge is 0.372 e. The molecule has 0 aliphatic carbocycles. The van der Waals surface area contributed by atoms with Crippen molar-refractivity contribution in [3.05, 3.63) is 58.4 Å². The monoisotopic (exact) mass is 305 g/mol. The molecular weight excluding hydrogens is 286 g/mol. The van der Waals surface area contributed by atoms with Crippen LogP contribution in [0.15, 0.2) is 47.3 Å². The first kappa shape index (κ1) is 14.0. The fourth-order valence-corrected chi connectivity index (χ4v) is 3.15. The van der Waals surface area contributed by atoms with Gasteiger partial charge in [0.05, 0.1) is 10.9 Å². The van der Waals surface area contributed by atoms with Crippen molar-refractivity contribution in [1.29, 1.82) is 0 Å². The van der Waals surface area contributed by atoms with Crippen LogP contribution >= 0.6 is 0 Å². The maximum atomic E-state index is 12.5. The van der Waals surface area contributed by atoms with Crippen molar-refractivity contribution >= 4 is 16.6 Å². The molecule has 0 spiro atoms. The zero-order valence-corrected chi connectivity index (χ0v) is 13.2. The highest BCUT2D eigenvalue weighted by Crippen LogP contribution is 2.24. The Bertz CT molecular complexity index is 906. The molecule has 0 unspecified atom stereocenters. The third kappa shape index (κ3) is 2.61. The van der Waals surface area contributed by atoms with Crippen LogP contribution in [-0.2, 0) is 0 Å². The van der Waals surface area contributed by atoms with Gasteiger partial charge in [0.1, 0.15) is 5.82 Å². The molecule has 0 atom stereocenters. The van der Waals surface area contributed by atoms with Crippen molar-refractivity contribution in [3.63, 3.8) is 0 Å². The number of benzene rings is 2. The first-order valence-corrected chi connectivity index (χ1v) is 8.07. The molecule has 2 aromatic carbocycles. The van der Waals surface area contributed by atoms with Crippen LogP contribution in [0.1, 0.15) is 18.4 Å². The van der Waals surface area contributed by atoms with Crippen molar-refractivity contribution in [3.8, 4) is 11.4 Å². The van der Waals surface area contributed by atoms with Crippen molar-refractivity contribution in [2.45, 2.75) is 19.8 Å². The Morgan fingerprint density at radius 3 is 2.52 bits per heavy atom. The Hall–Kier alpha value is -2.62. The number of anilines is 1. The lowest BCUT2D eigenvalue weighted by atomic mass is 10.1. The summed E-state index contributed by atoms with van der Waals surface area (Å²) >= 11 is 0. The maximum Gasteiger partial charge on any atom is 0.259 e. The Morgan fingerprint density at radius 2 is 1.78 bits per heavy atom. The number of aromatic amines is 1. The second-order valence-corrected chi connectivity index (χ2v) is 6.18. The third-order valence-corrected chi connectivity index (χ3v) is 4.49. The summed E-state index contributed by atoms with van der Waals surface area (Å²) in [7, 11) is 0. The van der Waals surface area contributed by atoms with E-state index in [0.717, 1.165) is 29.9 Å². The second-order valence-electron chi connectivity index (χ2n) is 6.18. The minimum absolute atomic E-state index is 0.0772. The first-order valence-electron chi connectivity index (χ1n) is 8.07. The fraction of sp³-hybridized carbons (Fsp3) is 0.263. The van der Waals surface area contributed by atoms with Crippen molar-refractivity contribution < 1.29 is 0 Å². The molecule has 0 saturated carbocycles. The number of hydrogen-bond donors (Lipinski definition) is 1. The van der Waals surface area contributed by atoms with Gasteiger partial charge in [-0.3, -0.25) is 4.79 Å². The van der Waals surface area contributed by atoms with Crippen LogP contribution in [0.4, 0.5) is 5.69 Å². The van der Waals surface area contributed by atoms with Crippen LogP contribution in [-0.4, -0.2) is 23.1 Å². The van der Waals surface area contributed by atoms with E-state index >= 15 is 0 Å². The SMILES string of the molecule is Cc1ccc(-c2nc3ccc(N4CCCC4)cc3c(=O)[nH]2)cc1. The summed E-state index contributed by atoms with van der Waals surface area (Å²) in [4.78, 5) is 22.4. The molecule has 1 aliphatic rings. The second kappa shape index (κ2) is 5.54. The van der Waals surface area contributed by atoms with E-state index in [4.69, 9.17) is 0 Å². The number of aryl methyl sites for hydroxylation is 1. The molecule has 116 valence electrons. The molecule has 4 nitrogen and oxygen atoms in total. The van der Waals surface area contributed by atoms with Gasteiger partial charge in [-0.2, -0.15) is 0 Å². The van der Waals surface area contributed by atoms with Gasteiger partial charge in [-0.05, 0) is 38.0 Å². The Morgan fingerprint density at radius 1 is 1.04 bits per heavy atom. The summed E-state index contributed by atoms with van der Waals surface area (Å²) in [5.41, 5.74) is 3.90. The van der Waals surface area contributed by atoms with Gasteiger partial charge in [0.25, 0.3) is 5.56 Å². The molecule has 4 rings (SSSR count). The van der Waals surface area contributed by atoms with Gasteiger partial charge in [-0.1, -0.05) is 29.8 Å². The number of aromatic nitrogens is 2. The molecule has 23 heavy (non-hydrogen) atoms. The molecule has 0 amide bonds. The zero-order valence-electron chi connectivity index (χ0n) is 13.2. The van der Waals surface area contributed by atoms with E-state index in [-0.39, 0.29) is 5.56 Å². The Balaban J connectivity index is 1.80. The summed E-state index contributed by atoms with van der Waals surface area (Å²) in [5.74, 6) is 0.622. The predicted molar refractivity (Wildman–Crippen MR) is 94.0 cm³/mol. The summed E-state index contributed by atoms with van der Waals surface area (Å²) in [6, 6.07) is 14.0. The van der Waals surface area contributed by atoms with Gasteiger partial charge in [-0.15, -0.1) is 0 Å². The Kier molecular flexibility index (Phi) is 3.37. The minimum atomic E-state index is -0.0772. The molecule has 2 heterocycles. The smallest absolute Gasteiger partial charge is 0.259 e. The van der Waals surface area contributed by atoms with E-state index in [1.54, 1.807) is 0 Å². The summed E-state index contributed by atoms with van der Waals surface area (Å²) in [6.45, 7) is 4.18. The predicted octanol–water partition coefficient (Wildman–Crippen LogP) is 3.50. The van der Waals surface area contributed by atoms with E-state index in [1.807, 2.05) is 43.3 Å². The van der Waals surface area contributed by atoms with Crippen LogP contribution in [0.3, 0.4) is 0 Å². The van der Waals surface area contributed by atoms with E-state index < -0.39 is 0 Å². The summed E-state index contributed by atoms with van der Waals surface area (Å²) < 4.78 is 0. The average Bonchev–Trinajstić information content (AvgIpc) is 3.10. The van der Waals surface area contributed by atoms with Gasteiger partial charge >= 0.3 is 0 Å². The molecule has 1 aliphatic heterocycles. The quantitative estimate of drug-likeness (QED) is 0.788. The normalized spacial score (nSPS) is 14.6. The number of rotatable bonds is 2. The van der Waals surface area contributed by atoms with Crippen LogP contribution in [0.2, 0.25) is 0 Å². The number of nitrogens with zero attached hydrogens (tertiary/aromatic N) is 2. The van der Waals surface area contributed by atoms with E-state index in [9.17, 15) is 4.79 Å². The standard InChI is InChI=1S/C19H19N3O/c1-13-4-6-14(7-5-13)18-20-17-9-8-15(22-10-2-3-11-22)12-16(17)19(23)21-18/h4-9,12H,2-3,10-11H2,1H3,(H,20,21,23). The zero-order chi connectivity index (χ0) is 15.8. The third-order valence-electron chi connectivity index (χ3n) is 4.49. The van der Waals surface area contributed by atoms with Gasteiger partial charge in [0.2, 0.25) is 0 Å². The lowest BCUT2D eigenvalue weighted by Gasteiger charge is -2.17. The van der Waals surface area contributed by atoms with E-state index in [2.05, 4.69) is 20.9 Å². The van der Waals surface area contributed by atoms with Crippen LogP contribution in [0.25, 0.3) is 22.3 Å². The highest BCUT2D eigenvalue weighted by Gasteiger charge is 2.14. The first-order chi connectivity index (χ1) is 11.2. The molecule has 1 fully saturated rings. The lowest BCUT2D eigenvalue weighted by molar-refractivity contribution is 0.949. The molecule has 1 saturated heterocycles. The summed E-state index contributed by atoms with van der Waals surface area (Å²) in [5, 5.41) is 0.658. The number of nitrogens with one attached hydrogen (secondary N) is 1. The van der Waals surface area contributed by atoms with Crippen LogP contribution < -0.4 is 10.5 Å². The fourth-order valence-electron chi connectivity index (χ4n) is 3.15. The highest BCUT2D eigenvalue weighted by atomic mass is 16.1. The number of fused-ring (bicyclic) bond motifs is 1. The van der Waals surface area contributed by atoms with E-state index in [0.29, 0.717) is 11.2 Å². The minimum Gasteiger partial charge on any atom is -0.372 e. The Labute approximate surface area is 134 Å². The highest BCUT2D eigenvalue weighted by molar-refractivity contribution is 5.83. The topological polar surface area (TPSA) is 49.0 Å². The van der Waals surface area contributed by atoms with Crippen LogP contribution in [0, 0.1) is 6.92 Å². The molecule has 4 heteroatoms. The molecule has 1 N–H and O–H groups in total. The van der Waals surface area contributed by atoms with Gasteiger partial charge in [-0.25, -0.2) is 4.98 Å². The number of hydrogen-bond acceptors (Lipinski definition) is 3. The number of H-pyrrole nitrogens is 1.